The monoisotopic (exact) mass is 324 g/mol. The number of ether oxygens (including phenoxy) is 2. The number of fused-ring (bicyclic) bond motifs is 1. The van der Waals surface area contributed by atoms with Crippen LogP contribution in [0.3, 0.4) is 0 Å². The fourth-order valence-corrected chi connectivity index (χ4v) is 2.43. The van der Waals surface area contributed by atoms with E-state index in [0.717, 1.165) is 0 Å². The Hall–Kier alpha value is -2.34. The van der Waals surface area contributed by atoms with Gasteiger partial charge in [-0.25, -0.2) is 15.0 Å². The second-order valence-corrected chi connectivity index (χ2v) is 5.11. The van der Waals surface area contributed by atoms with Gasteiger partial charge < -0.3 is 31.2 Å². The van der Waals surface area contributed by atoms with E-state index in [4.69, 9.17) is 20.9 Å². The summed E-state index contributed by atoms with van der Waals surface area (Å²) in [6, 6.07) is 0. The van der Waals surface area contributed by atoms with Crippen molar-refractivity contribution in [3.05, 3.63) is 12.7 Å². The lowest BCUT2D eigenvalue weighted by molar-refractivity contribution is -0.125. The van der Waals surface area contributed by atoms with Crippen molar-refractivity contribution < 1.29 is 24.5 Å². The number of nitrogens with zero attached hydrogens (tertiary/aromatic N) is 4. The molecule has 1 amide bonds. The molecule has 1 aliphatic rings. The Morgan fingerprint density at radius 1 is 1.35 bits per heavy atom. The van der Waals surface area contributed by atoms with E-state index in [9.17, 15) is 15.0 Å². The zero-order valence-electron chi connectivity index (χ0n) is 11.9. The lowest BCUT2D eigenvalue weighted by atomic mass is 10.1. The Morgan fingerprint density at radius 2 is 2.13 bits per heavy atom. The van der Waals surface area contributed by atoms with Crippen LogP contribution < -0.4 is 11.5 Å². The summed E-state index contributed by atoms with van der Waals surface area (Å²) in [5.41, 5.74) is 11.4. The van der Waals surface area contributed by atoms with Gasteiger partial charge in [-0.1, -0.05) is 0 Å². The van der Waals surface area contributed by atoms with E-state index in [1.54, 1.807) is 0 Å². The Kier molecular flexibility index (Phi) is 4.09. The van der Waals surface area contributed by atoms with Crippen molar-refractivity contribution in [3.63, 3.8) is 0 Å². The lowest BCUT2D eigenvalue weighted by Crippen LogP contribution is -2.34. The Labute approximate surface area is 129 Å². The first-order valence-corrected chi connectivity index (χ1v) is 6.79. The number of primary amides is 1. The number of anilines is 1. The van der Waals surface area contributed by atoms with Crippen LogP contribution in [0.1, 0.15) is 6.23 Å². The number of imidazole rings is 1. The molecule has 11 nitrogen and oxygen atoms in total. The number of hydrogen-bond acceptors (Lipinski definition) is 9. The predicted molar refractivity (Wildman–Crippen MR) is 75.7 cm³/mol. The molecule has 0 radical (unpaired) electrons. The Bertz CT molecular complexity index is 721. The van der Waals surface area contributed by atoms with Crippen molar-refractivity contribution in [2.45, 2.75) is 24.5 Å². The molecule has 3 heterocycles. The first-order chi connectivity index (χ1) is 11.0. The van der Waals surface area contributed by atoms with E-state index in [1.807, 2.05) is 0 Å². The van der Waals surface area contributed by atoms with Crippen molar-refractivity contribution in [3.8, 4) is 0 Å². The number of aliphatic hydroxyl groups excluding tert-OH is 2. The van der Waals surface area contributed by atoms with Gasteiger partial charge in [-0.3, -0.25) is 9.36 Å². The summed E-state index contributed by atoms with van der Waals surface area (Å²) in [4.78, 5) is 22.6. The zero-order chi connectivity index (χ0) is 16.6. The molecule has 2 aromatic rings. The fraction of sp³-hybridized carbons (Fsp3) is 0.500. The maximum Gasteiger partial charge on any atom is 0.243 e. The van der Waals surface area contributed by atoms with E-state index in [2.05, 4.69) is 15.0 Å². The van der Waals surface area contributed by atoms with Crippen molar-refractivity contribution in [1.29, 1.82) is 0 Å². The molecule has 1 fully saturated rings. The van der Waals surface area contributed by atoms with Gasteiger partial charge in [0, 0.05) is 0 Å². The highest BCUT2D eigenvalue weighted by atomic mass is 16.6. The molecule has 0 aromatic carbocycles. The molecule has 0 aliphatic carbocycles. The smallest absolute Gasteiger partial charge is 0.243 e. The molecular weight excluding hydrogens is 308 g/mol. The summed E-state index contributed by atoms with van der Waals surface area (Å²) in [5.74, 6) is -0.439. The van der Waals surface area contributed by atoms with Gasteiger partial charge in [-0.15, -0.1) is 0 Å². The Balaban J connectivity index is 1.80. The molecule has 4 atom stereocenters. The van der Waals surface area contributed by atoms with Gasteiger partial charge in [0.1, 0.15) is 36.8 Å². The molecular formula is C12H16N6O5. The van der Waals surface area contributed by atoms with Gasteiger partial charge in [0.05, 0.1) is 12.9 Å². The number of aromatic nitrogens is 4. The van der Waals surface area contributed by atoms with Crippen LogP contribution in [-0.4, -0.2) is 67.2 Å². The number of carbonyl (C=O) groups excluding carboxylic acids is 1. The summed E-state index contributed by atoms with van der Waals surface area (Å²) in [6.07, 6.45) is -1.53. The highest BCUT2D eigenvalue weighted by molar-refractivity contribution is 5.81. The van der Waals surface area contributed by atoms with Crippen molar-refractivity contribution in [2.24, 2.45) is 5.73 Å². The van der Waals surface area contributed by atoms with Crippen molar-refractivity contribution in [2.75, 3.05) is 18.9 Å². The molecule has 6 N–H and O–H groups in total. The van der Waals surface area contributed by atoms with E-state index >= 15 is 0 Å². The molecule has 11 heteroatoms. The minimum atomic E-state index is -1.23. The number of nitrogen functional groups attached to an aromatic ring is 1. The molecule has 2 unspecified atom stereocenters. The van der Waals surface area contributed by atoms with Gasteiger partial charge >= 0.3 is 0 Å². The fourth-order valence-electron chi connectivity index (χ4n) is 2.43. The number of amides is 1. The van der Waals surface area contributed by atoms with Crippen LogP contribution in [0.15, 0.2) is 12.7 Å². The molecule has 2 aromatic heterocycles. The summed E-state index contributed by atoms with van der Waals surface area (Å²) < 4.78 is 12.1. The van der Waals surface area contributed by atoms with Crippen LogP contribution in [0, 0.1) is 0 Å². The summed E-state index contributed by atoms with van der Waals surface area (Å²) in [6.45, 7) is -0.396. The molecule has 0 bridgehead atoms. The maximum absolute atomic E-state index is 10.7. The van der Waals surface area contributed by atoms with Crippen molar-refractivity contribution in [1.82, 2.24) is 19.5 Å². The number of nitrogens with two attached hydrogens (primary N) is 2. The Morgan fingerprint density at radius 3 is 2.87 bits per heavy atom. The van der Waals surface area contributed by atoms with Gasteiger partial charge in [0.2, 0.25) is 5.91 Å². The molecule has 1 saturated heterocycles. The van der Waals surface area contributed by atoms with Gasteiger partial charge in [0.25, 0.3) is 0 Å². The third-order valence-electron chi connectivity index (χ3n) is 3.52. The lowest BCUT2D eigenvalue weighted by Gasteiger charge is -2.16. The summed E-state index contributed by atoms with van der Waals surface area (Å²) >= 11 is 0. The molecule has 1 aliphatic heterocycles. The molecule has 23 heavy (non-hydrogen) atoms. The number of carbonyl (C=O) groups is 1. The minimum absolute atomic E-state index is 0.0958. The van der Waals surface area contributed by atoms with E-state index in [-0.39, 0.29) is 19.0 Å². The summed E-state index contributed by atoms with van der Waals surface area (Å²) in [5, 5.41) is 20.2. The van der Waals surface area contributed by atoms with Crippen LogP contribution >= 0.6 is 0 Å². The third-order valence-corrected chi connectivity index (χ3v) is 3.52. The zero-order valence-corrected chi connectivity index (χ0v) is 11.9. The van der Waals surface area contributed by atoms with Crippen LogP contribution in [0.2, 0.25) is 0 Å². The number of aliphatic hydroxyl groups is 2. The number of rotatable bonds is 5. The van der Waals surface area contributed by atoms with Gasteiger partial charge in [-0.2, -0.15) is 0 Å². The van der Waals surface area contributed by atoms with E-state index < -0.39 is 30.4 Å². The quantitative estimate of drug-likeness (QED) is 0.465. The van der Waals surface area contributed by atoms with Crippen LogP contribution in [0.5, 0.6) is 0 Å². The highest BCUT2D eigenvalue weighted by Crippen LogP contribution is 2.31. The average molecular weight is 324 g/mol. The second kappa shape index (κ2) is 6.04. The minimum Gasteiger partial charge on any atom is -0.387 e. The first-order valence-electron chi connectivity index (χ1n) is 6.79. The topological polar surface area (TPSA) is 172 Å². The maximum atomic E-state index is 10.7. The van der Waals surface area contributed by atoms with E-state index in [0.29, 0.717) is 11.2 Å². The molecule has 3 rings (SSSR count). The van der Waals surface area contributed by atoms with Gasteiger partial charge in [-0.05, 0) is 0 Å². The van der Waals surface area contributed by atoms with Crippen molar-refractivity contribution >= 4 is 22.9 Å². The highest BCUT2D eigenvalue weighted by Gasteiger charge is 2.44. The van der Waals surface area contributed by atoms with Crippen LogP contribution in [0.4, 0.5) is 5.82 Å². The van der Waals surface area contributed by atoms with Crippen LogP contribution in [0.25, 0.3) is 11.2 Å². The SMILES string of the molecule is NC(=O)COC[C@H]1O[C@@H](n2cnc3c(N)ncnc32)C(O)C1O. The van der Waals surface area contributed by atoms with Gasteiger partial charge in [0.15, 0.2) is 17.7 Å². The summed E-state index contributed by atoms with van der Waals surface area (Å²) in [7, 11) is 0. The number of hydrogen-bond donors (Lipinski definition) is 4. The standard InChI is InChI=1S/C12H16N6O5/c13-6(19)2-22-1-5-8(20)9(21)12(23-5)18-4-17-7-10(14)15-3-16-11(7)18/h3-5,8-9,12,20-21H,1-2H2,(H2,13,19)(H2,14,15,16)/t5-,8?,9?,12-/m1/s1. The first kappa shape index (κ1) is 15.6. The third kappa shape index (κ3) is 2.82. The largest absolute Gasteiger partial charge is 0.387 e. The normalized spacial score (nSPS) is 27.6. The molecule has 0 spiro atoms. The predicted octanol–water partition coefficient (Wildman–Crippen LogP) is -2.47. The second-order valence-electron chi connectivity index (χ2n) is 5.11. The van der Waals surface area contributed by atoms with Crippen LogP contribution in [-0.2, 0) is 14.3 Å². The average Bonchev–Trinajstić information content (AvgIpc) is 3.04. The molecule has 124 valence electrons. The molecule has 0 saturated carbocycles. The van der Waals surface area contributed by atoms with E-state index in [1.165, 1.54) is 17.2 Å².